The lowest BCUT2D eigenvalue weighted by atomic mass is 10.2. The molecule has 4 heteroatoms. The Hall–Kier alpha value is -2.23. The van der Waals surface area contributed by atoms with Crippen molar-refractivity contribution >= 4 is 17.3 Å². The van der Waals surface area contributed by atoms with Gasteiger partial charge in [0.1, 0.15) is 0 Å². The zero-order valence-corrected chi connectivity index (χ0v) is 12.9. The second-order valence-corrected chi connectivity index (χ2v) is 5.36. The van der Waals surface area contributed by atoms with Gasteiger partial charge in [0.2, 0.25) is 5.91 Å². The van der Waals surface area contributed by atoms with Crippen molar-refractivity contribution in [1.29, 1.82) is 0 Å². The van der Waals surface area contributed by atoms with Gasteiger partial charge in [0, 0.05) is 35.7 Å². The Morgan fingerprint density at radius 2 is 1.81 bits per heavy atom. The molecule has 0 radical (unpaired) electrons. The molecule has 0 saturated heterocycles. The number of carbonyl (C=O) groups is 1. The Morgan fingerprint density at radius 1 is 1.14 bits per heavy atom. The van der Waals surface area contributed by atoms with E-state index in [9.17, 15) is 4.79 Å². The first kappa shape index (κ1) is 15.2. The summed E-state index contributed by atoms with van der Waals surface area (Å²) in [4.78, 5) is 11.6. The minimum atomic E-state index is -0.00960. The van der Waals surface area contributed by atoms with Crippen molar-refractivity contribution in [1.82, 2.24) is 4.57 Å². The van der Waals surface area contributed by atoms with E-state index in [1.807, 2.05) is 38.1 Å². The van der Waals surface area contributed by atoms with Crippen molar-refractivity contribution in [2.24, 2.45) is 5.92 Å². The summed E-state index contributed by atoms with van der Waals surface area (Å²) in [5.41, 5.74) is 3.13. The highest BCUT2D eigenvalue weighted by molar-refractivity contribution is 5.92. The van der Waals surface area contributed by atoms with Crippen LogP contribution >= 0.6 is 0 Å². The Morgan fingerprint density at radius 3 is 2.43 bits per heavy atom. The van der Waals surface area contributed by atoms with E-state index in [0.717, 1.165) is 24.5 Å². The lowest BCUT2D eigenvalue weighted by molar-refractivity contribution is -0.118. The van der Waals surface area contributed by atoms with Gasteiger partial charge in [-0.15, -0.1) is 0 Å². The number of hydrogen-bond donors (Lipinski definition) is 2. The first-order valence-electron chi connectivity index (χ1n) is 7.39. The minimum Gasteiger partial charge on any atom is -0.379 e. The summed E-state index contributed by atoms with van der Waals surface area (Å²) in [5.74, 6) is 0.0288. The molecule has 21 heavy (non-hydrogen) atoms. The number of amides is 1. The molecule has 1 aromatic carbocycles. The van der Waals surface area contributed by atoms with Gasteiger partial charge in [-0.2, -0.15) is 0 Å². The van der Waals surface area contributed by atoms with Gasteiger partial charge in [0.15, 0.2) is 0 Å². The fraction of sp³-hybridized carbons (Fsp3) is 0.353. The van der Waals surface area contributed by atoms with Crippen molar-refractivity contribution in [3.63, 3.8) is 0 Å². The van der Waals surface area contributed by atoms with E-state index in [4.69, 9.17) is 0 Å². The molecule has 0 spiro atoms. The quantitative estimate of drug-likeness (QED) is 0.849. The number of hydrogen-bond acceptors (Lipinski definition) is 2. The van der Waals surface area contributed by atoms with Crippen molar-refractivity contribution in [2.45, 2.75) is 33.9 Å². The molecule has 2 rings (SSSR count). The van der Waals surface area contributed by atoms with Crippen LogP contribution in [0.1, 0.15) is 26.5 Å². The van der Waals surface area contributed by atoms with Crippen LogP contribution in [0.15, 0.2) is 42.6 Å². The molecule has 0 aliphatic rings. The first-order chi connectivity index (χ1) is 10.1. The van der Waals surface area contributed by atoms with Gasteiger partial charge in [-0.05, 0) is 43.3 Å². The van der Waals surface area contributed by atoms with Gasteiger partial charge in [0.25, 0.3) is 0 Å². The van der Waals surface area contributed by atoms with Crippen molar-refractivity contribution < 1.29 is 4.79 Å². The molecule has 0 aliphatic carbocycles. The maximum atomic E-state index is 11.6. The minimum absolute atomic E-state index is 0.00960. The van der Waals surface area contributed by atoms with Gasteiger partial charge in [-0.25, -0.2) is 0 Å². The molecule has 2 aromatic rings. The van der Waals surface area contributed by atoms with E-state index in [0.29, 0.717) is 0 Å². The third-order valence-corrected chi connectivity index (χ3v) is 3.41. The molecule has 1 aromatic heterocycles. The maximum absolute atomic E-state index is 11.6. The van der Waals surface area contributed by atoms with E-state index < -0.39 is 0 Å². The normalized spacial score (nSPS) is 10.7. The summed E-state index contributed by atoms with van der Waals surface area (Å²) in [5, 5.41) is 6.28. The van der Waals surface area contributed by atoms with E-state index in [2.05, 4.69) is 40.5 Å². The SMILES string of the molecule is CCn1cccc1CNc1ccc(NC(=O)C(C)C)cc1. The molecule has 1 heterocycles. The van der Waals surface area contributed by atoms with Gasteiger partial charge >= 0.3 is 0 Å². The van der Waals surface area contributed by atoms with Crippen LogP contribution in [0.2, 0.25) is 0 Å². The van der Waals surface area contributed by atoms with E-state index in [1.54, 1.807) is 0 Å². The number of aryl methyl sites for hydroxylation is 1. The third-order valence-electron chi connectivity index (χ3n) is 3.41. The van der Waals surface area contributed by atoms with Crippen molar-refractivity contribution in [3.05, 3.63) is 48.3 Å². The average molecular weight is 285 g/mol. The standard InChI is InChI=1S/C17H23N3O/c1-4-20-11-5-6-16(20)12-18-14-7-9-15(10-8-14)19-17(21)13(2)3/h5-11,13,18H,4,12H2,1-3H3,(H,19,21). The Labute approximate surface area is 126 Å². The maximum Gasteiger partial charge on any atom is 0.226 e. The van der Waals surface area contributed by atoms with E-state index in [-0.39, 0.29) is 11.8 Å². The molecule has 0 saturated carbocycles. The second-order valence-electron chi connectivity index (χ2n) is 5.36. The number of carbonyl (C=O) groups excluding carboxylic acids is 1. The summed E-state index contributed by atoms with van der Waals surface area (Å²) in [6.07, 6.45) is 2.08. The summed E-state index contributed by atoms with van der Waals surface area (Å²) >= 11 is 0. The molecular weight excluding hydrogens is 262 g/mol. The molecule has 1 amide bonds. The van der Waals surface area contributed by atoms with Crippen LogP contribution < -0.4 is 10.6 Å². The third kappa shape index (κ3) is 4.12. The molecule has 0 atom stereocenters. The molecule has 0 aliphatic heterocycles. The molecule has 0 fully saturated rings. The Balaban J connectivity index is 1.92. The number of nitrogens with one attached hydrogen (secondary N) is 2. The number of anilines is 2. The molecule has 112 valence electrons. The van der Waals surface area contributed by atoms with Crippen LogP contribution in [0.25, 0.3) is 0 Å². The van der Waals surface area contributed by atoms with Gasteiger partial charge < -0.3 is 15.2 Å². The number of benzene rings is 1. The monoisotopic (exact) mass is 285 g/mol. The van der Waals surface area contributed by atoms with Crippen LogP contribution in [0, 0.1) is 5.92 Å². The largest absolute Gasteiger partial charge is 0.379 e. The highest BCUT2D eigenvalue weighted by atomic mass is 16.1. The summed E-state index contributed by atoms with van der Waals surface area (Å²) < 4.78 is 2.21. The first-order valence-corrected chi connectivity index (χ1v) is 7.39. The molecule has 4 nitrogen and oxygen atoms in total. The molecular formula is C17H23N3O. The number of aromatic nitrogens is 1. The number of nitrogens with zero attached hydrogens (tertiary/aromatic N) is 1. The smallest absolute Gasteiger partial charge is 0.226 e. The highest BCUT2D eigenvalue weighted by Gasteiger charge is 2.06. The van der Waals surface area contributed by atoms with Gasteiger partial charge in [-0.1, -0.05) is 13.8 Å². The van der Waals surface area contributed by atoms with Gasteiger partial charge in [0.05, 0.1) is 6.54 Å². The topological polar surface area (TPSA) is 46.1 Å². The fourth-order valence-electron chi connectivity index (χ4n) is 2.07. The molecule has 0 unspecified atom stereocenters. The highest BCUT2D eigenvalue weighted by Crippen LogP contribution is 2.15. The van der Waals surface area contributed by atoms with Crippen LogP contribution in [0.5, 0.6) is 0 Å². The summed E-state index contributed by atoms with van der Waals surface area (Å²) in [6.45, 7) is 7.67. The predicted octanol–water partition coefficient (Wildman–Crippen LogP) is 3.71. The summed E-state index contributed by atoms with van der Waals surface area (Å²) in [7, 11) is 0. The Bertz CT molecular complexity index is 584. The zero-order chi connectivity index (χ0) is 15.2. The second kappa shape index (κ2) is 6.97. The van der Waals surface area contributed by atoms with Gasteiger partial charge in [-0.3, -0.25) is 4.79 Å². The molecule has 0 bridgehead atoms. The van der Waals surface area contributed by atoms with Crippen LogP contribution in [-0.4, -0.2) is 10.5 Å². The fourth-order valence-corrected chi connectivity index (χ4v) is 2.07. The zero-order valence-electron chi connectivity index (χ0n) is 12.9. The predicted molar refractivity (Wildman–Crippen MR) is 87.3 cm³/mol. The summed E-state index contributed by atoms with van der Waals surface area (Å²) in [6, 6.07) is 12.0. The Kier molecular flexibility index (Phi) is 5.04. The van der Waals surface area contributed by atoms with Crippen LogP contribution in [0.4, 0.5) is 11.4 Å². The van der Waals surface area contributed by atoms with Crippen LogP contribution in [-0.2, 0) is 17.9 Å². The lowest BCUT2D eigenvalue weighted by Crippen LogP contribution is -2.17. The van der Waals surface area contributed by atoms with Crippen LogP contribution in [0.3, 0.4) is 0 Å². The molecule has 2 N–H and O–H groups in total. The average Bonchev–Trinajstić information content (AvgIpc) is 2.94. The van der Waals surface area contributed by atoms with Crippen molar-refractivity contribution in [3.8, 4) is 0 Å². The lowest BCUT2D eigenvalue weighted by Gasteiger charge is -2.11. The van der Waals surface area contributed by atoms with E-state index >= 15 is 0 Å². The van der Waals surface area contributed by atoms with Crippen molar-refractivity contribution in [2.75, 3.05) is 10.6 Å². The van der Waals surface area contributed by atoms with E-state index in [1.165, 1.54) is 5.69 Å². The number of rotatable bonds is 6.